The topological polar surface area (TPSA) is 118 Å². The van der Waals surface area contributed by atoms with Gasteiger partial charge >= 0.3 is 0 Å². The summed E-state index contributed by atoms with van der Waals surface area (Å²) in [6.07, 6.45) is 3.51. The molecule has 1 aromatic carbocycles. The first kappa shape index (κ1) is 22.7. The number of nitriles is 1. The number of hydrogen-bond acceptors (Lipinski definition) is 8. The fourth-order valence-corrected chi connectivity index (χ4v) is 4.39. The van der Waals surface area contributed by atoms with Crippen molar-refractivity contribution >= 4 is 40.5 Å². The molecule has 31 heavy (non-hydrogen) atoms. The van der Waals surface area contributed by atoms with Gasteiger partial charge in [-0.1, -0.05) is 43.7 Å². The molecule has 0 aliphatic heterocycles. The lowest BCUT2D eigenvalue weighted by molar-refractivity contribution is -0.116. The lowest BCUT2D eigenvalue weighted by Crippen LogP contribution is -2.10. The van der Waals surface area contributed by atoms with Crippen LogP contribution in [-0.2, 0) is 10.5 Å². The number of aromatic nitrogens is 3. The second-order valence-corrected chi connectivity index (χ2v) is 8.96. The molecular formula is C22H24N6OS2. The molecule has 2 heterocycles. The molecule has 2 aromatic heterocycles. The summed E-state index contributed by atoms with van der Waals surface area (Å²) in [6.45, 7) is 4.07. The molecule has 1 amide bonds. The first-order valence-corrected chi connectivity index (χ1v) is 11.9. The van der Waals surface area contributed by atoms with Gasteiger partial charge in [-0.05, 0) is 25.5 Å². The van der Waals surface area contributed by atoms with E-state index in [-0.39, 0.29) is 17.3 Å². The van der Waals surface area contributed by atoms with Gasteiger partial charge in [0.25, 0.3) is 0 Å². The minimum Gasteiger partial charge on any atom is -0.382 e. The SMILES string of the molecule is CCCCCC(=O)Nc1ccc(-c2nc(SCc3csc(C)n3)nc(N)c2C#N)cc1. The molecule has 0 atom stereocenters. The van der Waals surface area contributed by atoms with Crippen LogP contribution in [0.25, 0.3) is 11.3 Å². The highest BCUT2D eigenvalue weighted by Crippen LogP contribution is 2.29. The molecule has 3 aromatic rings. The van der Waals surface area contributed by atoms with Crippen molar-refractivity contribution in [2.45, 2.75) is 50.4 Å². The molecule has 3 N–H and O–H groups in total. The number of thiazole rings is 1. The van der Waals surface area contributed by atoms with E-state index in [1.807, 2.05) is 24.4 Å². The highest BCUT2D eigenvalue weighted by atomic mass is 32.2. The third-order valence-electron chi connectivity index (χ3n) is 4.49. The zero-order valence-corrected chi connectivity index (χ0v) is 19.1. The molecule has 9 heteroatoms. The lowest BCUT2D eigenvalue weighted by Gasteiger charge is -2.10. The molecule has 3 rings (SSSR count). The highest BCUT2D eigenvalue weighted by molar-refractivity contribution is 7.98. The van der Waals surface area contributed by atoms with E-state index in [2.05, 4.69) is 33.3 Å². The van der Waals surface area contributed by atoms with Crippen LogP contribution in [0.2, 0.25) is 0 Å². The predicted octanol–water partition coefficient (Wildman–Crippen LogP) is 5.17. The van der Waals surface area contributed by atoms with E-state index in [9.17, 15) is 10.1 Å². The van der Waals surface area contributed by atoms with E-state index in [1.54, 1.807) is 23.5 Å². The minimum atomic E-state index is 0.00107. The van der Waals surface area contributed by atoms with Gasteiger partial charge in [0, 0.05) is 28.8 Å². The molecule has 0 radical (unpaired) electrons. The van der Waals surface area contributed by atoms with Crippen LogP contribution in [0.5, 0.6) is 0 Å². The summed E-state index contributed by atoms with van der Waals surface area (Å²) in [5.74, 6) is 0.775. The van der Waals surface area contributed by atoms with Crippen LogP contribution >= 0.6 is 23.1 Å². The van der Waals surface area contributed by atoms with Crippen LogP contribution in [0, 0.1) is 18.3 Å². The number of rotatable bonds is 9. The van der Waals surface area contributed by atoms with Gasteiger partial charge in [-0.25, -0.2) is 15.0 Å². The third-order valence-corrected chi connectivity index (χ3v) is 6.20. The van der Waals surface area contributed by atoms with Crippen molar-refractivity contribution in [3.05, 3.63) is 45.9 Å². The molecule has 0 spiro atoms. The normalized spacial score (nSPS) is 10.6. The van der Waals surface area contributed by atoms with E-state index >= 15 is 0 Å². The Morgan fingerprint density at radius 1 is 1.23 bits per heavy atom. The summed E-state index contributed by atoms with van der Waals surface area (Å²) in [5, 5.41) is 16.0. The van der Waals surface area contributed by atoms with E-state index in [0.29, 0.717) is 28.7 Å². The number of carbonyl (C=O) groups excluding carboxylic acids is 1. The molecule has 0 saturated carbocycles. The summed E-state index contributed by atoms with van der Waals surface area (Å²) < 4.78 is 0. The number of hydrogen-bond donors (Lipinski definition) is 2. The van der Waals surface area contributed by atoms with Gasteiger partial charge in [0.05, 0.1) is 16.4 Å². The van der Waals surface area contributed by atoms with Gasteiger partial charge < -0.3 is 11.1 Å². The van der Waals surface area contributed by atoms with Crippen molar-refractivity contribution in [3.8, 4) is 17.3 Å². The number of amides is 1. The van der Waals surface area contributed by atoms with Crippen molar-refractivity contribution in [2.75, 3.05) is 11.1 Å². The number of carbonyl (C=O) groups is 1. The van der Waals surface area contributed by atoms with Crippen LogP contribution in [0.15, 0.2) is 34.8 Å². The maximum Gasteiger partial charge on any atom is 0.224 e. The van der Waals surface area contributed by atoms with Crippen LogP contribution in [0.1, 0.15) is 48.9 Å². The van der Waals surface area contributed by atoms with Crippen LogP contribution < -0.4 is 11.1 Å². The third kappa shape index (κ3) is 6.26. The maximum atomic E-state index is 12.0. The smallest absolute Gasteiger partial charge is 0.224 e. The highest BCUT2D eigenvalue weighted by Gasteiger charge is 2.15. The summed E-state index contributed by atoms with van der Waals surface area (Å²) in [4.78, 5) is 25.3. The quantitative estimate of drug-likeness (QED) is 0.261. The Kier molecular flexibility index (Phi) is 7.98. The van der Waals surface area contributed by atoms with Gasteiger partial charge in [0.1, 0.15) is 17.5 Å². The van der Waals surface area contributed by atoms with Crippen molar-refractivity contribution in [2.24, 2.45) is 0 Å². The second kappa shape index (κ2) is 10.9. The lowest BCUT2D eigenvalue weighted by atomic mass is 10.1. The maximum absolute atomic E-state index is 12.0. The molecular weight excluding hydrogens is 428 g/mol. The number of thioether (sulfide) groups is 1. The first-order chi connectivity index (χ1) is 15.0. The summed E-state index contributed by atoms with van der Waals surface area (Å²) in [6, 6.07) is 9.35. The van der Waals surface area contributed by atoms with E-state index in [1.165, 1.54) is 11.8 Å². The van der Waals surface area contributed by atoms with Gasteiger partial charge in [-0.2, -0.15) is 5.26 Å². The molecule has 0 saturated heterocycles. The Morgan fingerprint density at radius 3 is 2.65 bits per heavy atom. The van der Waals surface area contributed by atoms with Gasteiger partial charge in [-0.3, -0.25) is 4.79 Å². The number of unbranched alkanes of at least 4 members (excludes halogenated alkanes) is 2. The number of nitrogens with zero attached hydrogens (tertiary/aromatic N) is 4. The average Bonchev–Trinajstić information content (AvgIpc) is 3.18. The Balaban J connectivity index is 1.76. The number of nitrogen functional groups attached to an aromatic ring is 1. The zero-order chi connectivity index (χ0) is 22.2. The van der Waals surface area contributed by atoms with Crippen molar-refractivity contribution in [1.29, 1.82) is 5.26 Å². The van der Waals surface area contributed by atoms with Crippen LogP contribution in [0.4, 0.5) is 11.5 Å². The standard InChI is InChI=1S/C22H24N6OS2/c1-3-4-5-6-19(29)26-16-9-7-15(8-10-16)20-18(11-23)21(24)28-22(27-20)31-13-17-12-30-14(2)25-17/h7-10,12H,3-6,13H2,1-2H3,(H,26,29)(H2,24,27,28). The monoisotopic (exact) mass is 452 g/mol. The predicted molar refractivity (Wildman–Crippen MR) is 126 cm³/mol. The van der Waals surface area contributed by atoms with E-state index in [0.717, 1.165) is 35.5 Å². The molecule has 7 nitrogen and oxygen atoms in total. The Labute approximate surface area is 190 Å². The number of nitrogens with one attached hydrogen (secondary N) is 1. The molecule has 0 unspecified atom stereocenters. The van der Waals surface area contributed by atoms with Gasteiger partial charge in [0.15, 0.2) is 5.16 Å². The number of anilines is 2. The summed E-state index contributed by atoms with van der Waals surface area (Å²) in [7, 11) is 0. The van der Waals surface area contributed by atoms with E-state index in [4.69, 9.17) is 5.73 Å². The van der Waals surface area contributed by atoms with Crippen molar-refractivity contribution < 1.29 is 4.79 Å². The number of nitrogens with two attached hydrogens (primary N) is 1. The Bertz CT molecular complexity index is 1090. The van der Waals surface area contributed by atoms with Crippen LogP contribution in [-0.4, -0.2) is 20.9 Å². The fourth-order valence-electron chi connectivity index (χ4n) is 2.92. The van der Waals surface area contributed by atoms with Crippen molar-refractivity contribution in [3.63, 3.8) is 0 Å². The second-order valence-electron chi connectivity index (χ2n) is 6.96. The molecule has 0 aliphatic carbocycles. The molecule has 160 valence electrons. The van der Waals surface area contributed by atoms with Crippen molar-refractivity contribution in [1.82, 2.24) is 15.0 Å². The molecule has 0 bridgehead atoms. The average molecular weight is 453 g/mol. The van der Waals surface area contributed by atoms with Gasteiger partial charge in [0.2, 0.25) is 5.91 Å². The summed E-state index contributed by atoms with van der Waals surface area (Å²) >= 11 is 3.02. The van der Waals surface area contributed by atoms with Gasteiger partial charge in [-0.15, -0.1) is 11.3 Å². The summed E-state index contributed by atoms with van der Waals surface area (Å²) in [5.41, 5.74) is 9.16. The number of benzene rings is 1. The zero-order valence-electron chi connectivity index (χ0n) is 17.5. The minimum absolute atomic E-state index is 0.00107. The first-order valence-electron chi connectivity index (χ1n) is 10.0. The molecule has 0 fully saturated rings. The van der Waals surface area contributed by atoms with E-state index < -0.39 is 0 Å². The Hall–Kier alpha value is -2.96. The number of aryl methyl sites for hydroxylation is 1. The van der Waals surface area contributed by atoms with Crippen LogP contribution in [0.3, 0.4) is 0 Å². The fraction of sp³-hybridized carbons (Fsp3) is 0.318. The Morgan fingerprint density at radius 2 is 2.00 bits per heavy atom. The molecule has 0 aliphatic rings. The largest absolute Gasteiger partial charge is 0.382 e.